The van der Waals surface area contributed by atoms with Gasteiger partial charge in [0, 0.05) is 25.1 Å². The summed E-state index contributed by atoms with van der Waals surface area (Å²) in [6, 6.07) is 14.2. The van der Waals surface area contributed by atoms with Crippen LogP contribution in [0.1, 0.15) is 74.7 Å². The molecule has 0 saturated heterocycles. The van der Waals surface area contributed by atoms with Crippen molar-refractivity contribution in [3.05, 3.63) is 72.1 Å². The van der Waals surface area contributed by atoms with Gasteiger partial charge < -0.3 is 14.2 Å². The number of carbonyl (C=O) groups is 1. The molecule has 0 saturated carbocycles. The highest BCUT2D eigenvalue weighted by Gasteiger charge is 2.11. The van der Waals surface area contributed by atoms with Crippen LogP contribution in [-0.2, 0) is 11.2 Å². The van der Waals surface area contributed by atoms with E-state index in [1.54, 1.807) is 43.5 Å². The average molecular weight is 491 g/mol. The maximum atomic E-state index is 12.5. The van der Waals surface area contributed by atoms with Gasteiger partial charge in [-0.25, -0.2) is 14.8 Å². The van der Waals surface area contributed by atoms with Crippen molar-refractivity contribution >= 4 is 5.97 Å². The molecule has 1 aromatic heterocycles. The number of ether oxygens (including phenoxy) is 3. The van der Waals surface area contributed by atoms with Crippen LogP contribution >= 0.6 is 0 Å². The van der Waals surface area contributed by atoms with Crippen molar-refractivity contribution in [2.75, 3.05) is 13.7 Å². The fourth-order valence-corrected chi connectivity index (χ4v) is 3.81. The van der Waals surface area contributed by atoms with Crippen LogP contribution in [0.15, 0.2) is 60.9 Å². The largest absolute Gasteiger partial charge is 0.491 e. The van der Waals surface area contributed by atoms with E-state index in [-0.39, 0.29) is 6.10 Å². The molecular formula is C30H38N2O4. The molecule has 6 heteroatoms. The van der Waals surface area contributed by atoms with E-state index in [9.17, 15) is 4.79 Å². The summed E-state index contributed by atoms with van der Waals surface area (Å²) in [6.45, 7) is 4.75. The van der Waals surface area contributed by atoms with E-state index < -0.39 is 5.97 Å². The van der Waals surface area contributed by atoms with Crippen LogP contribution in [0.25, 0.3) is 11.4 Å². The zero-order valence-electron chi connectivity index (χ0n) is 21.7. The molecule has 0 bridgehead atoms. The Morgan fingerprint density at radius 2 is 1.47 bits per heavy atom. The third kappa shape index (κ3) is 8.76. The summed E-state index contributed by atoms with van der Waals surface area (Å²) in [6.07, 6.45) is 13.4. The van der Waals surface area contributed by atoms with E-state index in [1.165, 1.54) is 44.1 Å². The molecule has 0 N–H and O–H groups in total. The van der Waals surface area contributed by atoms with Crippen molar-refractivity contribution in [1.29, 1.82) is 0 Å². The molecule has 3 aromatic rings. The summed E-state index contributed by atoms with van der Waals surface area (Å²) in [5, 5.41) is 0. The Bertz CT molecular complexity index is 1030. The van der Waals surface area contributed by atoms with Crippen LogP contribution < -0.4 is 9.47 Å². The van der Waals surface area contributed by atoms with Gasteiger partial charge in [-0.2, -0.15) is 0 Å². The van der Waals surface area contributed by atoms with Crippen LogP contribution in [0.2, 0.25) is 0 Å². The minimum Gasteiger partial charge on any atom is -0.491 e. The van der Waals surface area contributed by atoms with Gasteiger partial charge in [0.15, 0.2) is 5.82 Å². The van der Waals surface area contributed by atoms with Crippen LogP contribution in [0, 0.1) is 0 Å². The number of aryl methyl sites for hydroxylation is 1. The first kappa shape index (κ1) is 27.3. The maximum absolute atomic E-state index is 12.5. The SMILES string of the molecule is CCCCCCCCc1cnc(-c2ccc(OC(=O)c3ccc(OC[C@H](CC)OC)cc3)cc2)nc1. The summed E-state index contributed by atoms with van der Waals surface area (Å²) in [7, 11) is 1.67. The molecule has 0 aliphatic heterocycles. The second kappa shape index (κ2) is 15.0. The van der Waals surface area contributed by atoms with Crippen molar-refractivity contribution < 1.29 is 19.0 Å². The fraction of sp³-hybridized carbons (Fsp3) is 0.433. The number of carbonyl (C=O) groups excluding carboxylic acids is 1. The predicted molar refractivity (Wildman–Crippen MR) is 143 cm³/mol. The van der Waals surface area contributed by atoms with E-state index in [0.29, 0.717) is 29.5 Å². The molecule has 2 aromatic carbocycles. The molecule has 0 aliphatic carbocycles. The number of hydrogen-bond acceptors (Lipinski definition) is 6. The van der Waals surface area contributed by atoms with Crippen molar-refractivity contribution in [1.82, 2.24) is 9.97 Å². The molecule has 0 amide bonds. The minimum atomic E-state index is -0.423. The van der Waals surface area contributed by atoms with E-state index >= 15 is 0 Å². The summed E-state index contributed by atoms with van der Waals surface area (Å²) >= 11 is 0. The van der Waals surface area contributed by atoms with E-state index in [1.807, 2.05) is 31.5 Å². The quantitative estimate of drug-likeness (QED) is 0.129. The zero-order chi connectivity index (χ0) is 25.6. The van der Waals surface area contributed by atoms with Crippen LogP contribution in [-0.4, -0.2) is 35.8 Å². The first-order valence-electron chi connectivity index (χ1n) is 13.0. The number of esters is 1. The summed E-state index contributed by atoms with van der Waals surface area (Å²) in [4.78, 5) is 21.6. The van der Waals surface area contributed by atoms with Gasteiger partial charge in [0.05, 0.1) is 11.7 Å². The molecule has 6 nitrogen and oxygen atoms in total. The van der Waals surface area contributed by atoms with Gasteiger partial charge in [0.25, 0.3) is 0 Å². The fourth-order valence-electron chi connectivity index (χ4n) is 3.81. The minimum absolute atomic E-state index is 0.0473. The van der Waals surface area contributed by atoms with Gasteiger partial charge in [0.1, 0.15) is 18.1 Å². The predicted octanol–water partition coefficient (Wildman–Crippen LogP) is 7.07. The maximum Gasteiger partial charge on any atom is 0.343 e. The Kier molecular flexibility index (Phi) is 11.4. The Morgan fingerprint density at radius 3 is 2.11 bits per heavy atom. The lowest BCUT2D eigenvalue weighted by Gasteiger charge is -2.14. The molecule has 0 radical (unpaired) electrons. The second-order valence-corrected chi connectivity index (χ2v) is 8.95. The van der Waals surface area contributed by atoms with Crippen LogP contribution in [0.3, 0.4) is 0 Å². The normalized spacial score (nSPS) is 11.8. The van der Waals surface area contributed by atoms with Crippen LogP contribution in [0.4, 0.5) is 0 Å². The number of methoxy groups -OCH3 is 1. The van der Waals surface area contributed by atoms with Gasteiger partial charge >= 0.3 is 5.97 Å². The Morgan fingerprint density at radius 1 is 0.833 bits per heavy atom. The van der Waals surface area contributed by atoms with Crippen molar-refractivity contribution in [3.63, 3.8) is 0 Å². The Labute approximate surface area is 215 Å². The molecule has 3 rings (SSSR count). The molecule has 192 valence electrons. The van der Waals surface area contributed by atoms with E-state index in [4.69, 9.17) is 14.2 Å². The van der Waals surface area contributed by atoms with Crippen molar-refractivity contribution in [3.8, 4) is 22.9 Å². The number of benzene rings is 2. The third-order valence-electron chi connectivity index (χ3n) is 6.16. The zero-order valence-corrected chi connectivity index (χ0v) is 21.7. The monoisotopic (exact) mass is 490 g/mol. The van der Waals surface area contributed by atoms with E-state index in [0.717, 1.165) is 18.4 Å². The van der Waals surface area contributed by atoms with Gasteiger partial charge in [-0.05, 0) is 73.4 Å². The molecule has 36 heavy (non-hydrogen) atoms. The first-order valence-corrected chi connectivity index (χ1v) is 13.0. The molecule has 0 spiro atoms. The highest BCUT2D eigenvalue weighted by molar-refractivity contribution is 5.91. The lowest BCUT2D eigenvalue weighted by molar-refractivity contribution is 0.0555. The highest BCUT2D eigenvalue weighted by atomic mass is 16.5. The lowest BCUT2D eigenvalue weighted by atomic mass is 10.1. The number of aromatic nitrogens is 2. The van der Waals surface area contributed by atoms with Crippen molar-refractivity contribution in [2.24, 2.45) is 0 Å². The summed E-state index contributed by atoms with van der Waals surface area (Å²) in [5.74, 6) is 1.39. The highest BCUT2D eigenvalue weighted by Crippen LogP contribution is 2.21. The molecule has 0 fully saturated rings. The third-order valence-corrected chi connectivity index (χ3v) is 6.16. The lowest BCUT2D eigenvalue weighted by Crippen LogP contribution is -2.19. The Hall–Kier alpha value is -3.25. The summed E-state index contributed by atoms with van der Waals surface area (Å²) in [5.41, 5.74) is 2.50. The molecule has 0 aliphatic rings. The molecule has 1 atom stereocenters. The number of unbranched alkanes of at least 4 members (excludes halogenated alkanes) is 5. The Balaban J connectivity index is 1.48. The molecule has 1 heterocycles. The van der Waals surface area contributed by atoms with Gasteiger partial charge in [-0.15, -0.1) is 0 Å². The van der Waals surface area contributed by atoms with Crippen LogP contribution in [0.5, 0.6) is 11.5 Å². The number of hydrogen-bond donors (Lipinski definition) is 0. The average Bonchev–Trinajstić information content (AvgIpc) is 2.92. The summed E-state index contributed by atoms with van der Waals surface area (Å²) < 4.78 is 16.5. The molecular weight excluding hydrogens is 452 g/mol. The topological polar surface area (TPSA) is 70.5 Å². The first-order chi connectivity index (χ1) is 17.6. The van der Waals surface area contributed by atoms with Crippen molar-refractivity contribution in [2.45, 2.75) is 71.3 Å². The molecule has 0 unspecified atom stereocenters. The van der Waals surface area contributed by atoms with E-state index in [2.05, 4.69) is 16.9 Å². The van der Waals surface area contributed by atoms with Gasteiger partial charge in [-0.3, -0.25) is 0 Å². The standard InChI is InChI=1S/C30H38N2O4/c1-4-6-7-8-9-10-11-23-20-31-29(32-21-23)24-12-18-28(19-13-24)36-30(33)25-14-16-27(17-15-25)35-22-26(5-2)34-3/h12-21,26H,4-11,22H2,1-3H3/t26-/m0/s1. The smallest absolute Gasteiger partial charge is 0.343 e. The van der Waals surface area contributed by atoms with Gasteiger partial charge in [0.2, 0.25) is 0 Å². The van der Waals surface area contributed by atoms with Gasteiger partial charge in [-0.1, -0.05) is 46.0 Å². The second-order valence-electron chi connectivity index (χ2n) is 8.95. The number of nitrogens with zero attached hydrogens (tertiary/aromatic N) is 2. The number of rotatable bonds is 15.